The van der Waals surface area contributed by atoms with Gasteiger partial charge in [0.25, 0.3) is 5.91 Å². The molecule has 0 unspecified atom stereocenters. The number of nitrogens with zero attached hydrogens (tertiary/aromatic N) is 2. The van der Waals surface area contributed by atoms with E-state index in [1.54, 1.807) is 25.3 Å². The first-order chi connectivity index (χ1) is 16.0. The quantitative estimate of drug-likeness (QED) is 0.609. The van der Waals surface area contributed by atoms with Gasteiger partial charge in [0.05, 0.1) is 7.11 Å². The van der Waals surface area contributed by atoms with Crippen LogP contribution in [-0.2, 0) is 11.4 Å². The van der Waals surface area contributed by atoms with Gasteiger partial charge >= 0.3 is 0 Å². The average molecular weight is 471 g/mol. The van der Waals surface area contributed by atoms with E-state index in [0.717, 1.165) is 44.3 Å². The van der Waals surface area contributed by atoms with E-state index in [9.17, 15) is 9.59 Å². The molecule has 2 saturated heterocycles. The SMILES string of the molecule is COc1cc(C(=O)N2CCC(C(=O)N3CCCCC3)CC2)ccc1OCc1ccc(Cl)cc1. The molecule has 2 aliphatic heterocycles. The van der Waals surface area contributed by atoms with Crippen molar-refractivity contribution >= 4 is 23.4 Å². The summed E-state index contributed by atoms with van der Waals surface area (Å²) in [6.07, 6.45) is 4.86. The lowest BCUT2D eigenvalue weighted by Gasteiger charge is -2.35. The van der Waals surface area contributed by atoms with Crippen molar-refractivity contribution in [3.05, 3.63) is 58.6 Å². The number of amides is 2. The molecule has 33 heavy (non-hydrogen) atoms. The molecule has 2 amide bonds. The Hall–Kier alpha value is -2.73. The van der Waals surface area contributed by atoms with Gasteiger partial charge < -0.3 is 19.3 Å². The largest absolute Gasteiger partial charge is 0.493 e. The molecule has 2 fully saturated rings. The van der Waals surface area contributed by atoms with Crippen LogP contribution in [-0.4, -0.2) is 54.9 Å². The van der Waals surface area contributed by atoms with Gasteiger partial charge in [-0.25, -0.2) is 0 Å². The van der Waals surface area contributed by atoms with Gasteiger partial charge in [0.15, 0.2) is 11.5 Å². The Morgan fingerprint density at radius 2 is 1.61 bits per heavy atom. The molecule has 2 aromatic carbocycles. The van der Waals surface area contributed by atoms with E-state index in [1.165, 1.54) is 6.42 Å². The van der Waals surface area contributed by atoms with Crippen LogP contribution in [0.25, 0.3) is 0 Å². The summed E-state index contributed by atoms with van der Waals surface area (Å²) in [4.78, 5) is 29.7. The van der Waals surface area contributed by atoms with E-state index >= 15 is 0 Å². The van der Waals surface area contributed by atoms with Gasteiger partial charge in [-0.3, -0.25) is 9.59 Å². The van der Waals surface area contributed by atoms with Crippen molar-refractivity contribution < 1.29 is 19.1 Å². The van der Waals surface area contributed by atoms with Crippen LogP contribution in [0, 0.1) is 5.92 Å². The standard InChI is InChI=1S/C26H31ClN2O4/c1-32-24-17-21(7-10-23(24)33-18-19-5-8-22(27)9-6-19)26(31)29-15-11-20(12-16-29)25(30)28-13-3-2-4-14-28/h5-10,17,20H,2-4,11-16,18H2,1H3. The summed E-state index contributed by atoms with van der Waals surface area (Å²) in [7, 11) is 1.57. The summed E-state index contributed by atoms with van der Waals surface area (Å²) in [6.45, 7) is 3.33. The average Bonchev–Trinajstić information content (AvgIpc) is 2.88. The van der Waals surface area contributed by atoms with Crippen LogP contribution >= 0.6 is 11.6 Å². The van der Waals surface area contributed by atoms with Gasteiger partial charge in [0.1, 0.15) is 6.61 Å². The summed E-state index contributed by atoms with van der Waals surface area (Å²) in [6, 6.07) is 12.7. The third kappa shape index (κ3) is 5.80. The van der Waals surface area contributed by atoms with Gasteiger partial charge in [-0.2, -0.15) is 0 Å². The molecule has 2 heterocycles. The van der Waals surface area contributed by atoms with E-state index < -0.39 is 0 Å². The highest BCUT2D eigenvalue weighted by Crippen LogP contribution is 2.30. The van der Waals surface area contributed by atoms with Crippen molar-refractivity contribution in [3.8, 4) is 11.5 Å². The first kappa shape index (κ1) is 23.4. The van der Waals surface area contributed by atoms with Crippen LogP contribution in [0.2, 0.25) is 5.02 Å². The highest BCUT2D eigenvalue weighted by Gasteiger charge is 2.31. The van der Waals surface area contributed by atoms with Crippen LogP contribution in [0.4, 0.5) is 0 Å². The van der Waals surface area contributed by atoms with Gasteiger partial charge in [-0.1, -0.05) is 23.7 Å². The Balaban J connectivity index is 1.34. The Morgan fingerprint density at radius 1 is 0.909 bits per heavy atom. The Morgan fingerprint density at radius 3 is 2.27 bits per heavy atom. The molecule has 0 atom stereocenters. The lowest BCUT2D eigenvalue weighted by Crippen LogP contribution is -2.45. The van der Waals surface area contributed by atoms with Crippen LogP contribution in [0.5, 0.6) is 11.5 Å². The summed E-state index contributed by atoms with van der Waals surface area (Å²) < 4.78 is 11.4. The molecule has 2 aliphatic rings. The lowest BCUT2D eigenvalue weighted by atomic mass is 9.94. The number of methoxy groups -OCH3 is 1. The maximum absolute atomic E-state index is 13.1. The molecule has 176 valence electrons. The van der Waals surface area contributed by atoms with E-state index in [2.05, 4.69) is 0 Å². The predicted octanol–water partition coefficient (Wildman–Crippen LogP) is 4.79. The second kappa shape index (κ2) is 10.9. The van der Waals surface area contributed by atoms with E-state index in [1.807, 2.05) is 34.1 Å². The van der Waals surface area contributed by atoms with Gasteiger partial charge in [0, 0.05) is 42.7 Å². The van der Waals surface area contributed by atoms with E-state index in [-0.39, 0.29) is 17.7 Å². The van der Waals surface area contributed by atoms with E-state index in [0.29, 0.717) is 41.8 Å². The van der Waals surface area contributed by atoms with Gasteiger partial charge in [-0.05, 0) is 68.0 Å². The minimum Gasteiger partial charge on any atom is -0.493 e. The highest BCUT2D eigenvalue weighted by atomic mass is 35.5. The Labute approximate surface area is 200 Å². The zero-order chi connectivity index (χ0) is 23.2. The fourth-order valence-electron chi connectivity index (χ4n) is 4.55. The maximum atomic E-state index is 13.1. The van der Waals surface area contributed by atoms with Gasteiger partial charge in [0.2, 0.25) is 5.91 Å². The summed E-state index contributed by atoms with van der Waals surface area (Å²) >= 11 is 5.93. The number of ether oxygens (including phenoxy) is 2. The van der Waals surface area contributed by atoms with Crippen molar-refractivity contribution in [2.24, 2.45) is 5.92 Å². The Kier molecular flexibility index (Phi) is 7.76. The topological polar surface area (TPSA) is 59.1 Å². The Bertz CT molecular complexity index is 965. The smallest absolute Gasteiger partial charge is 0.253 e. The van der Waals surface area contributed by atoms with Crippen LogP contribution in [0.15, 0.2) is 42.5 Å². The summed E-state index contributed by atoms with van der Waals surface area (Å²) in [5, 5.41) is 0.680. The van der Waals surface area contributed by atoms with Crippen LogP contribution in [0.3, 0.4) is 0 Å². The number of halogens is 1. The number of hydrogen-bond donors (Lipinski definition) is 0. The number of benzene rings is 2. The monoisotopic (exact) mass is 470 g/mol. The molecule has 7 heteroatoms. The number of hydrogen-bond acceptors (Lipinski definition) is 4. The molecular formula is C26H31ClN2O4. The number of rotatable bonds is 6. The minimum absolute atomic E-state index is 0.0327. The molecule has 0 bridgehead atoms. The molecule has 2 aromatic rings. The number of likely N-dealkylation sites (tertiary alicyclic amines) is 2. The predicted molar refractivity (Wildman–Crippen MR) is 128 cm³/mol. The molecule has 0 radical (unpaired) electrons. The summed E-state index contributed by atoms with van der Waals surface area (Å²) in [5.74, 6) is 1.36. The maximum Gasteiger partial charge on any atom is 0.253 e. The molecule has 0 saturated carbocycles. The number of carbonyl (C=O) groups excluding carboxylic acids is 2. The highest BCUT2D eigenvalue weighted by molar-refractivity contribution is 6.30. The zero-order valence-electron chi connectivity index (χ0n) is 19.1. The zero-order valence-corrected chi connectivity index (χ0v) is 19.9. The number of piperidine rings is 2. The van der Waals surface area contributed by atoms with Crippen molar-refractivity contribution in [2.45, 2.75) is 38.7 Å². The van der Waals surface area contributed by atoms with E-state index in [4.69, 9.17) is 21.1 Å². The van der Waals surface area contributed by atoms with Crippen molar-refractivity contribution in [2.75, 3.05) is 33.3 Å². The molecule has 0 aliphatic carbocycles. The van der Waals surface area contributed by atoms with Crippen molar-refractivity contribution in [1.29, 1.82) is 0 Å². The van der Waals surface area contributed by atoms with Crippen molar-refractivity contribution in [1.82, 2.24) is 9.80 Å². The molecule has 6 nitrogen and oxygen atoms in total. The minimum atomic E-state index is -0.0403. The van der Waals surface area contributed by atoms with Crippen LogP contribution < -0.4 is 9.47 Å². The molecule has 0 N–H and O–H groups in total. The van der Waals surface area contributed by atoms with Gasteiger partial charge in [-0.15, -0.1) is 0 Å². The molecule has 0 aromatic heterocycles. The second-order valence-corrected chi connectivity index (χ2v) is 9.17. The lowest BCUT2D eigenvalue weighted by molar-refractivity contribution is -0.137. The fourth-order valence-corrected chi connectivity index (χ4v) is 4.67. The molecular weight excluding hydrogens is 440 g/mol. The third-order valence-electron chi connectivity index (χ3n) is 6.52. The number of carbonyl (C=O) groups is 2. The normalized spacial score (nSPS) is 17.0. The first-order valence-corrected chi connectivity index (χ1v) is 12.1. The molecule has 0 spiro atoms. The van der Waals surface area contributed by atoms with Crippen LogP contribution in [0.1, 0.15) is 48.0 Å². The summed E-state index contributed by atoms with van der Waals surface area (Å²) in [5.41, 5.74) is 1.55. The third-order valence-corrected chi connectivity index (χ3v) is 6.77. The second-order valence-electron chi connectivity index (χ2n) is 8.73. The fraction of sp³-hybridized carbons (Fsp3) is 0.462. The van der Waals surface area contributed by atoms with Crippen molar-refractivity contribution in [3.63, 3.8) is 0 Å². The molecule has 4 rings (SSSR count). The first-order valence-electron chi connectivity index (χ1n) is 11.7.